The molecule has 1 saturated heterocycles. The van der Waals surface area contributed by atoms with Gasteiger partial charge in [-0.3, -0.25) is 19.9 Å². The Kier molecular flexibility index (Phi) is 7.31. The molecular weight excluding hydrogens is 416 g/mol. The van der Waals surface area contributed by atoms with Crippen LogP contribution in [0.25, 0.3) is 10.7 Å². The highest BCUT2D eigenvalue weighted by molar-refractivity contribution is 7.13. The normalized spacial score (nSPS) is 22.9. The molecule has 10 heteroatoms. The molecule has 2 unspecified atom stereocenters. The molecule has 2 fully saturated rings. The van der Waals surface area contributed by atoms with Crippen molar-refractivity contribution in [3.8, 4) is 10.7 Å². The van der Waals surface area contributed by atoms with Crippen LogP contribution in [0.15, 0.2) is 22.0 Å². The average molecular weight is 447 g/mol. The summed E-state index contributed by atoms with van der Waals surface area (Å²) in [5.74, 6) is 1.43. The Morgan fingerprint density at radius 2 is 1.97 bits per heavy atom. The van der Waals surface area contributed by atoms with Gasteiger partial charge in [-0.15, -0.1) is 11.3 Å². The molecule has 2 atom stereocenters. The van der Waals surface area contributed by atoms with Gasteiger partial charge in [0, 0.05) is 32.2 Å². The monoisotopic (exact) mass is 446 g/mol. The lowest BCUT2D eigenvalue weighted by Gasteiger charge is -2.33. The molecule has 0 spiro atoms. The molecule has 4 rings (SSSR count). The van der Waals surface area contributed by atoms with Crippen molar-refractivity contribution in [3.63, 3.8) is 0 Å². The van der Waals surface area contributed by atoms with E-state index in [1.165, 1.54) is 6.42 Å². The number of aromatic nitrogens is 2. The molecule has 0 bridgehead atoms. The SMILES string of the molecule is CC1CCCCC1NC(=O)NC(=O)CN1CCN(Cc2nc(-c3cccs3)no2)CC1. The van der Waals surface area contributed by atoms with E-state index < -0.39 is 0 Å². The number of carbonyl (C=O) groups excluding carboxylic acids is 2. The minimum Gasteiger partial charge on any atom is -0.338 e. The quantitative estimate of drug-likeness (QED) is 0.702. The largest absolute Gasteiger partial charge is 0.338 e. The first-order valence-electron chi connectivity index (χ1n) is 11.0. The fourth-order valence-corrected chi connectivity index (χ4v) is 4.88. The molecule has 168 valence electrons. The van der Waals surface area contributed by atoms with Gasteiger partial charge in [-0.05, 0) is 30.2 Å². The lowest BCUT2D eigenvalue weighted by molar-refractivity contribution is -0.121. The van der Waals surface area contributed by atoms with E-state index >= 15 is 0 Å². The topological polar surface area (TPSA) is 104 Å². The van der Waals surface area contributed by atoms with Crippen LogP contribution >= 0.6 is 11.3 Å². The van der Waals surface area contributed by atoms with Gasteiger partial charge in [0.25, 0.3) is 0 Å². The lowest BCUT2D eigenvalue weighted by Crippen LogP contribution is -2.52. The standard InChI is InChI=1S/C21H30N6O3S/c1-15-5-2-3-6-16(15)22-21(29)23-18(28)13-26-8-10-27(11-9-26)14-19-24-20(25-30-19)17-7-4-12-31-17/h4,7,12,15-16H,2-3,5-6,8-11,13-14H2,1H3,(H2,22,23,28,29). The highest BCUT2D eigenvalue weighted by Crippen LogP contribution is 2.23. The lowest BCUT2D eigenvalue weighted by atomic mass is 9.86. The van der Waals surface area contributed by atoms with Gasteiger partial charge in [-0.1, -0.05) is 31.0 Å². The van der Waals surface area contributed by atoms with E-state index in [-0.39, 0.29) is 24.5 Å². The van der Waals surface area contributed by atoms with Crippen LogP contribution in [0.2, 0.25) is 0 Å². The molecule has 1 aliphatic carbocycles. The summed E-state index contributed by atoms with van der Waals surface area (Å²) in [6.07, 6.45) is 4.46. The van der Waals surface area contributed by atoms with Crippen LogP contribution in [-0.2, 0) is 11.3 Å². The molecule has 2 aliphatic rings. The molecule has 2 aromatic heterocycles. The van der Waals surface area contributed by atoms with Crippen LogP contribution in [-0.4, -0.2) is 70.6 Å². The molecule has 3 heterocycles. The number of carbonyl (C=O) groups is 2. The van der Waals surface area contributed by atoms with Crippen molar-refractivity contribution in [3.05, 3.63) is 23.4 Å². The Bertz CT molecular complexity index is 862. The molecule has 0 radical (unpaired) electrons. The zero-order valence-corrected chi connectivity index (χ0v) is 18.7. The molecule has 9 nitrogen and oxygen atoms in total. The number of nitrogens with zero attached hydrogens (tertiary/aromatic N) is 4. The first kappa shape index (κ1) is 21.9. The molecule has 1 saturated carbocycles. The zero-order valence-electron chi connectivity index (χ0n) is 17.9. The smallest absolute Gasteiger partial charge is 0.321 e. The Balaban J connectivity index is 1.16. The van der Waals surface area contributed by atoms with Crippen LogP contribution in [0.3, 0.4) is 0 Å². The van der Waals surface area contributed by atoms with Gasteiger partial charge in [0.2, 0.25) is 17.6 Å². The molecular formula is C21H30N6O3S. The van der Waals surface area contributed by atoms with Crippen LogP contribution < -0.4 is 10.6 Å². The van der Waals surface area contributed by atoms with Gasteiger partial charge < -0.3 is 9.84 Å². The van der Waals surface area contributed by atoms with Crippen LogP contribution in [0.5, 0.6) is 0 Å². The number of nitrogens with one attached hydrogen (secondary N) is 2. The van der Waals surface area contributed by atoms with Gasteiger partial charge in [-0.25, -0.2) is 4.79 Å². The van der Waals surface area contributed by atoms with Crippen molar-refractivity contribution in [1.82, 2.24) is 30.6 Å². The summed E-state index contributed by atoms with van der Waals surface area (Å²) >= 11 is 1.58. The van der Waals surface area contributed by atoms with Gasteiger partial charge in [0.1, 0.15) is 0 Å². The Morgan fingerprint density at radius 1 is 1.19 bits per heavy atom. The third-order valence-corrected chi connectivity index (χ3v) is 6.95. The maximum Gasteiger partial charge on any atom is 0.321 e. The van der Waals surface area contributed by atoms with E-state index in [0.717, 1.165) is 50.3 Å². The van der Waals surface area contributed by atoms with E-state index in [1.807, 2.05) is 17.5 Å². The molecule has 3 amide bonds. The Hall–Kier alpha value is -2.30. The third kappa shape index (κ3) is 6.11. The molecule has 2 N–H and O–H groups in total. The summed E-state index contributed by atoms with van der Waals surface area (Å²) in [6, 6.07) is 3.72. The minimum atomic E-state index is -0.375. The summed E-state index contributed by atoms with van der Waals surface area (Å²) in [4.78, 5) is 34.2. The Morgan fingerprint density at radius 3 is 2.71 bits per heavy atom. The third-order valence-electron chi connectivity index (χ3n) is 6.08. The number of hydrogen-bond donors (Lipinski definition) is 2. The number of piperazine rings is 1. The van der Waals surface area contributed by atoms with Crippen LogP contribution in [0.1, 0.15) is 38.5 Å². The maximum absolute atomic E-state index is 12.3. The van der Waals surface area contributed by atoms with Crippen LogP contribution in [0.4, 0.5) is 4.79 Å². The van der Waals surface area contributed by atoms with Crippen molar-refractivity contribution in [2.75, 3.05) is 32.7 Å². The zero-order chi connectivity index (χ0) is 21.6. The number of hydrogen-bond acceptors (Lipinski definition) is 8. The molecule has 1 aliphatic heterocycles. The van der Waals surface area contributed by atoms with Crippen molar-refractivity contribution in [2.24, 2.45) is 5.92 Å². The minimum absolute atomic E-state index is 0.162. The summed E-state index contributed by atoms with van der Waals surface area (Å²) in [5.41, 5.74) is 0. The van der Waals surface area contributed by atoms with Crippen LogP contribution in [0, 0.1) is 5.92 Å². The number of rotatable bonds is 6. The molecule has 31 heavy (non-hydrogen) atoms. The second kappa shape index (κ2) is 10.3. The summed E-state index contributed by atoms with van der Waals surface area (Å²) < 4.78 is 5.38. The predicted octanol–water partition coefficient (Wildman–Crippen LogP) is 2.32. The average Bonchev–Trinajstić information content (AvgIpc) is 3.43. The highest BCUT2D eigenvalue weighted by Gasteiger charge is 2.25. The van der Waals surface area contributed by atoms with Crippen molar-refractivity contribution >= 4 is 23.3 Å². The van der Waals surface area contributed by atoms with E-state index in [1.54, 1.807) is 11.3 Å². The molecule has 2 aromatic rings. The molecule has 0 aromatic carbocycles. The van der Waals surface area contributed by atoms with E-state index in [4.69, 9.17) is 4.52 Å². The summed E-state index contributed by atoms with van der Waals surface area (Å²) in [5, 5.41) is 11.5. The van der Waals surface area contributed by atoms with E-state index in [2.05, 4.69) is 37.5 Å². The first-order chi connectivity index (χ1) is 15.1. The predicted molar refractivity (Wildman–Crippen MR) is 117 cm³/mol. The second-order valence-electron chi connectivity index (χ2n) is 8.43. The second-order valence-corrected chi connectivity index (χ2v) is 9.38. The highest BCUT2D eigenvalue weighted by atomic mass is 32.1. The Labute approximate surface area is 186 Å². The summed E-state index contributed by atoms with van der Waals surface area (Å²) in [7, 11) is 0. The van der Waals surface area contributed by atoms with E-state index in [9.17, 15) is 9.59 Å². The van der Waals surface area contributed by atoms with Gasteiger partial charge in [0.15, 0.2) is 0 Å². The van der Waals surface area contributed by atoms with Gasteiger partial charge in [0.05, 0.1) is 18.0 Å². The van der Waals surface area contributed by atoms with Crippen molar-refractivity contribution in [1.29, 1.82) is 0 Å². The van der Waals surface area contributed by atoms with Gasteiger partial charge in [-0.2, -0.15) is 4.98 Å². The summed E-state index contributed by atoms with van der Waals surface area (Å²) in [6.45, 7) is 6.08. The number of imide groups is 1. The number of thiophene rings is 1. The van der Waals surface area contributed by atoms with Crippen molar-refractivity contribution in [2.45, 2.75) is 45.2 Å². The number of urea groups is 1. The fraction of sp³-hybridized carbons (Fsp3) is 0.619. The fourth-order valence-electron chi connectivity index (χ4n) is 4.23. The van der Waals surface area contributed by atoms with Gasteiger partial charge >= 0.3 is 6.03 Å². The number of amides is 3. The first-order valence-corrected chi connectivity index (χ1v) is 11.9. The van der Waals surface area contributed by atoms with Crippen molar-refractivity contribution < 1.29 is 14.1 Å². The van der Waals surface area contributed by atoms with E-state index in [0.29, 0.717) is 24.2 Å². The maximum atomic E-state index is 12.3.